The van der Waals surface area contributed by atoms with Gasteiger partial charge >= 0.3 is 12.1 Å². The SMILES string of the molecule is CC.CC(C)C.CC1(C)C2CN(C(=O)CNC(=O)C(F)(F)F)C[C@H]21.Cc1noc2cncc(C(C#N)NC=O)c12. The number of aromatic nitrogens is 2. The standard InChI is InChI=1S/C11H15F3N2O2.C10H8N4O2.C4H10.C2H6/c1-10(2)6-4-16(5-7(6)10)8(17)3-15-9(18)11(12,13)14;1-6-10-7(8(2-11)13-5-15)3-12-4-9(10)16-14-6;1-4(2)3;1-2/h6-7H,3-5H2,1-2H3,(H,15,18);3-5,8H,1H3,(H,13,15);4H,1-3H3;1-2H3/t6-,7?;;;/m1.../s1. The highest BCUT2D eigenvalue weighted by Crippen LogP contribution is 2.61. The largest absolute Gasteiger partial charge is 0.471 e. The van der Waals surface area contributed by atoms with Gasteiger partial charge in [-0.05, 0) is 30.1 Å². The zero-order valence-electron chi connectivity index (χ0n) is 24.2. The Balaban J connectivity index is 0.000000336. The van der Waals surface area contributed by atoms with Gasteiger partial charge in [-0.15, -0.1) is 0 Å². The second kappa shape index (κ2) is 14.6. The summed E-state index contributed by atoms with van der Waals surface area (Å²) in [6, 6.07) is 1.23. The van der Waals surface area contributed by atoms with Crippen molar-refractivity contribution >= 4 is 29.2 Å². The molecule has 0 radical (unpaired) electrons. The van der Waals surface area contributed by atoms with Gasteiger partial charge in [0.2, 0.25) is 12.3 Å². The van der Waals surface area contributed by atoms with Gasteiger partial charge in [-0.25, -0.2) is 0 Å². The van der Waals surface area contributed by atoms with Crippen LogP contribution in [0.5, 0.6) is 0 Å². The highest BCUT2D eigenvalue weighted by Gasteiger charge is 2.62. The molecule has 2 N–H and O–H groups in total. The van der Waals surface area contributed by atoms with Crippen LogP contribution in [0, 0.1) is 41.4 Å². The first-order valence-electron chi connectivity index (χ1n) is 13.1. The summed E-state index contributed by atoms with van der Waals surface area (Å²) >= 11 is 0. The number of fused-ring (bicyclic) bond motifs is 2. The molecule has 40 heavy (non-hydrogen) atoms. The number of pyridine rings is 1. The third-order valence-corrected chi connectivity index (χ3v) is 6.39. The number of aryl methyl sites for hydroxylation is 1. The summed E-state index contributed by atoms with van der Waals surface area (Å²) in [4.78, 5) is 38.0. The molecule has 3 heterocycles. The number of piperidine rings is 1. The van der Waals surface area contributed by atoms with E-state index in [1.807, 2.05) is 19.9 Å². The second-order valence-corrected chi connectivity index (χ2v) is 10.5. The highest BCUT2D eigenvalue weighted by molar-refractivity contribution is 5.87. The van der Waals surface area contributed by atoms with E-state index in [4.69, 9.17) is 9.78 Å². The molecular formula is C27H39F3N6O4. The van der Waals surface area contributed by atoms with Crippen molar-refractivity contribution in [1.29, 1.82) is 5.26 Å². The number of carbonyl (C=O) groups is 3. The molecule has 2 aliphatic rings. The molecule has 0 spiro atoms. The monoisotopic (exact) mass is 568 g/mol. The molecule has 1 saturated heterocycles. The maximum atomic E-state index is 11.9. The average Bonchev–Trinajstić information content (AvgIpc) is 3.28. The molecule has 0 bridgehead atoms. The lowest BCUT2D eigenvalue weighted by molar-refractivity contribution is -0.174. The van der Waals surface area contributed by atoms with E-state index in [-0.39, 0.29) is 5.41 Å². The fourth-order valence-corrected chi connectivity index (χ4v) is 4.26. The number of rotatable bonds is 5. The van der Waals surface area contributed by atoms with E-state index in [1.54, 1.807) is 12.2 Å². The normalized spacial score (nSPS) is 18.8. The predicted molar refractivity (Wildman–Crippen MR) is 142 cm³/mol. The van der Waals surface area contributed by atoms with Crippen LogP contribution >= 0.6 is 0 Å². The average molecular weight is 569 g/mol. The number of nitrogens with one attached hydrogen (secondary N) is 2. The summed E-state index contributed by atoms with van der Waals surface area (Å²) < 4.78 is 40.8. The molecule has 3 amide bonds. The number of halogens is 3. The molecule has 1 aliphatic carbocycles. The van der Waals surface area contributed by atoms with E-state index in [1.165, 1.54) is 17.3 Å². The molecule has 2 aromatic rings. The maximum absolute atomic E-state index is 11.9. The first-order valence-corrected chi connectivity index (χ1v) is 13.1. The van der Waals surface area contributed by atoms with E-state index < -0.39 is 30.6 Å². The van der Waals surface area contributed by atoms with Gasteiger partial charge in [0, 0.05) is 24.8 Å². The fraction of sp³-hybridized carbons (Fsp3) is 0.630. The van der Waals surface area contributed by atoms with Crippen LogP contribution in [0.2, 0.25) is 0 Å². The van der Waals surface area contributed by atoms with Crippen LogP contribution in [-0.2, 0) is 14.4 Å². The number of hydrogen-bond acceptors (Lipinski definition) is 7. The number of amides is 3. The van der Waals surface area contributed by atoms with Crippen molar-refractivity contribution < 1.29 is 32.1 Å². The Morgan fingerprint density at radius 2 is 1.77 bits per heavy atom. The van der Waals surface area contributed by atoms with Crippen LogP contribution in [0.4, 0.5) is 13.2 Å². The number of nitrogens with zero attached hydrogens (tertiary/aromatic N) is 4. The lowest BCUT2D eigenvalue weighted by atomic mass is 10.1. The fourth-order valence-electron chi connectivity index (χ4n) is 4.26. The van der Waals surface area contributed by atoms with Gasteiger partial charge in [0.15, 0.2) is 5.58 Å². The van der Waals surface area contributed by atoms with Crippen molar-refractivity contribution in [2.45, 2.75) is 67.6 Å². The first-order chi connectivity index (χ1) is 18.6. The zero-order valence-corrected chi connectivity index (χ0v) is 24.2. The molecule has 1 saturated carbocycles. The number of carbonyl (C=O) groups excluding carboxylic acids is 3. The van der Waals surface area contributed by atoms with E-state index in [0.29, 0.717) is 48.2 Å². The highest BCUT2D eigenvalue weighted by atomic mass is 19.4. The Labute approximate surface area is 232 Å². The zero-order chi connectivity index (χ0) is 30.8. The van der Waals surface area contributed by atoms with E-state index in [2.05, 4.69) is 50.1 Å². The molecule has 13 heteroatoms. The molecule has 222 valence electrons. The van der Waals surface area contributed by atoms with Gasteiger partial charge in [-0.1, -0.05) is 53.6 Å². The summed E-state index contributed by atoms with van der Waals surface area (Å²) in [7, 11) is 0. The van der Waals surface area contributed by atoms with Crippen LogP contribution in [0.15, 0.2) is 16.9 Å². The predicted octanol–water partition coefficient (Wildman–Crippen LogP) is 4.31. The Hall–Kier alpha value is -3.69. The van der Waals surface area contributed by atoms with Gasteiger partial charge in [0.25, 0.3) is 0 Å². The number of alkyl halides is 3. The summed E-state index contributed by atoms with van der Waals surface area (Å²) in [5.74, 6) is -0.796. The van der Waals surface area contributed by atoms with E-state index >= 15 is 0 Å². The molecule has 2 unspecified atom stereocenters. The van der Waals surface area contributed by atoms with Crippen molar-refractivity contribution in [3.8, 4) is 6.07 Å². The Morgan fingerprint density at radius 1 is 1.23 bits per heavy atom. The molecule has 3 atom stereocenters. The third-order valence-electron chi connectivity index (χ3n) is 6.39. The minimum atomic E-state index is -4.94. The van der Waals surface area contributed by atoms with E-state index in [9.17, 15) is 27.6 Å². The molecule has 0 aromatic carbocycles. The van der Waals surface area contributed by atoms with Gasteiger partial charge in [-0.2, -0.15) is 18.4 Å². The number of hydrogen-bond donors (Lipinski definition) is 2. The smallest absolute Gasteiger partial charge is 0.354 e. The molecule has 2 aromatic heterocycles. The van der Waals surface area contributed by atoms with Crippen molar-refractivity contribution in [3.05, 3.63) is 23.7 Å². The van der Waals surface area contributed by atoms with Crippen LogP contribution in [0.1, 0.15) is 65.8 Å². The second-order valence-electron chi connectivity index (χ2n) is 10.5. The topological polar surface area (TPSA) is 141 Å². The van der Waals surface area contributed by atoms with Gasteiger partial charge in [-0.3, -0.25) is 19.4 Å². The molecule has 1 aliphatic heterocycles. The third kappa shape index (κ3) is 8.93. The molecule has 10 nitrogen and oxygen atoms in total. The number of likely N-dealkylation sites (tertiary alicyclic amines) is 1. The van der Waals surface area contributed by atoms with Crippen molar-refractivity contribution in [1.82, 2.24) is 25.7 Å². The molecule has 4 rings (SSSR count). The quantitative estimate of drug-likeness (QED) is 0.512. The number of nitriles is 1. The summed E-state index contributed by atoms with van der Waals surface area (Å²) in [6.45, 7) is 17.1. The maximum Gasteiger partial charge on any atom is 0.471 e. The minimum absolute atomic E-state index is 0.242. The summed E-state index contributed by atoms with van der Waals surface area (Å²) in [5, 5.41) is 17.5. The van der Waals surface area contributed by atoms with Crippen molar-refractivity contribution in [2.24, 2.45) is 23.2 Å². The Morgan fingerprint density at radius 3 is 2.25 bits per heavy atom. The lowest BCUT2D eigenvalue weighted by Gasteiger charge is -2.22. The van der Waals surface area contributed by atoms with Crippen LogP contribution in [0.3, 0.4) is 0 Å². The summed E-state index contributed by atoms with van der Waals surface area (Å²) in [6.07, 6.45) is -1.41. The Kier molecular flexibility index (Phi) is 12.6. The van der Waals surface area contributed by atoms with Crippen LogP contribution < -0.4 is 10.6 Å². The molecular weight excluding hydrogens is 529 g/mol. The van der Waals surface area contributed by atoms with Crippen LogP contribution in [-0.4, -0.2) is 59.1 Å². The van der Waals surface area contributed by atoms with E-state index in [0.717, 1.165) is 11.3 Å². The minimum Gasteiger partial charge on any atom is -0.354 e. The molecule has 2 fully saturated rings. The van der Waals surface area contributed by atoms with Crippen molar-refractivity contribution in [3.63, 3.8) is 0 Å². The first kappa shape index (κ1) is 34.3. The Bertz CT molecular complexity index is 1170. The van der Waals surface area contributed by atoms with Crippen molar-refractivity contribution in [2.75, 3.05) is 19.6 Å². The van der Waals surface area contributed by atoms with Gasteiger partial charge in [0.05, 0.1) is 29.9 Å². The summed E-state index contributed by atoms with van der Waals surface area (Å²) in [5.41, 5.74) is 2.00. The lowest BCUT2D eigenvalue weighted by Crippen LogP contribution is -2.44. The van der Waals surface area contributed by atoms with Gasteiger partial charge < -0.3 is 20.1 Å². The van der Waals surface area contributed by atoms with Gasteiger partial charge in [0.1, 0.15) is 6.04 Å². The van der Waals surface area contributed by atoms with Crippen LogP contribution in [0.25, 0.3) is 11.0 Å².